The van der Waals surface area contributed by atoms with Gasteiger partial charge >= 0.3 is 6.09 Å². The molecule has 25 heavy (non-hydrogen) atoms. The van der Waals surface area contributed by atoms with Crippen molar-refractivity contribution in [2.45, 2.75) is 64.0 Å². The average molecular weight is 365 g/mol. The minimum atomic E-state index is -0.555. The van der Waals surface area contributed by atoms with Crippen molar-refractivity contribution in [3.63, 3.8) is 0 Å². The van der Waals surface area contributed by atoms with E-state index in [9.17, 15) is 9.59 Å². The van der Waals surface area contributed by atoms with Crippen LogP contribution in [0.25, 0.3) is 0 Å². The third kappa shape index (κ3) is 5.85. The van der Waals surface area contributed by atoms with Crippen LogP contribution in [0.4, 0.5) is 4.79 Å². The van der Waals surface area contributed by atoms with Crippen LogP contribution in [0.2, 0.25) is 0 Å². The van der Waals surface area contributed by atoms with Crippen molar-refractivity contribution >= 4 is 24.2 Å². The Hall–Kier alpha value is -1.89. The van der Waals surface area contributed by atoms with Gasteiger partial charge < -0.3 is 20.4 Å². The van der Waals surface area contributed by atoms with E-state index in [0.717, 1.165) is 32.1 Å². The molecule has 3 N–H and O–H groups in total. The molecule has 2 rings (SSSR count). The summed E-state index contributed by atoms with van der Waals surface area (Å²) in [6, 6.07) is 3.42. The van der Waals surface area contributed by atoms with Crippen LogP contribution in [0.1, 0.15) is 63.2 Å². The van der Waals surface area contributed by atoms with E-state index >= 15 is 0 Å². The maximum atomic E-state index is 12.4. The second-order valence-corrected chi connectivity index (χ2v) is 7.97. The molecule has 138 valence electrons. The molecule has 1 saturated carbocycles. The normalized spacial score (nSPS) is 16.8. The second-order valence-electron chi connectivity index (χ2n) is 7.56. The number of aromatic amines is 1. The molecule has 2 amide bonds. The molecule has 0 bridgehead atoms. The molecule has 0 saturated heterocycles. The molecule has 1 aliphatic rings. The fourth-order valence-corrected chi connectivity index (χ4v) is 3.27. The number of ether oxygens (including phenoxy) is 1. The molecule has 0 aromatic carbocycles. The van der Waals surface area contributed by atoms with Crippen LogP contribution in [-0.4, -0.2) is 34.7 Å². The Morgan fingerprint density at radius 2 is 1.96 bits per heavy atom. The van der Waals surface area contributed by atoms with Gasteiger partial charge in [-0.3, -0.25) is 4.79 Å². The molecule has 0 atom stereocenters. The lowest BCUT2D eigenvalue weighted by molar-refractivity contribution is 0.0419. The molecular weight excluding hydrogens is 338 g/mol. The minimum Gasteiger partial charge on any atom is -0.444 e. The Kier molecular flexibility index (Phi) is 6.21. The van der Waals surface area contributed by atoms with Crippen molar-refractivity contribution in [3.8, 4) is 0 Å². The van der Waals surface area contributed by atoms with E-state index in [0.29, 0.717) is 16.7 Å². The molecule has 6 nitrogen and oxygen atoms in total. The molecule has 7 heteroatoms. The van der Waals surface area contributed by atoms with Gasteiger partial charge in [-0.25, -0.2) is 4.79 Å². The van der Waals surface area contributed by atoms with Crippen molar-refractivity contribution < 1.29 is 14.3 Å². The zero-order chi connectivity index (χ0) is 18.5. The summed E-state index contributed by atoms with van der Waals surface area (Å²) in [6.45, 7) is 5.85. The van der Waals surface area contributed by atoms with Gasteiger partial charge in [0, 0.05) is 12.7 Å². The third-order valence-electron chi connectivity index (χ3n) is 4.23. The largest absolute Gasteiger partial charge is 0.444 e. The third-order valence-corrected chi connectivity index (χ3v) is 4.56. The van der Waals surface area contributed by atoms with Gasteiger partial charge in [0.05, 0.1) is 11.1 Å². The molecular formula is C18H27N3O3S. The number of amides is 2. The molecule has 0 spiro atoms. The number of nitrogens with one attached hydrogen (secondary N) is 3. The van der Waals surface area contributed by atoms with Crippen LogP contribution in [-0.2, 0) is 4.74 Å². The quantitative estimate of drug-likeness (QED) is 0.711. The lowest BCUT2D eigenvalue weighted by Crippen LogP contribution is -2.57. The summed E-state index contributed by atoms with van der Waals surface area (Å²) >= 11 is 5.15. The predicted molar refractivity (Wildman–Crippen MR) is 99.1 cm³/mol. The van der Waals surface area contributed by atoms with E-state index in [-0.39, 0.29) is 5.91 Å². The van der Waals surface area contributed by atoms with Gasteiger partial charge in [0.1, 0.15) is 10.2 Å². The highest BCUT2D eigenvalue weighted by molar-refractivity contribution is 7.71. The number of hydrogen-bond acceptors (Lipinski definition) is 4. The summed E-state index contributed by atoms with van der Waals surface area (Å²) in [7, 11) is 0. The monoisotopic (exact) mass is 365 g/mol. The number of carbonyl (C=O) groups is 2. The van der Waals surface area contributed by atoms with E-state index in [1.807, 2.05) is 20.8 Å². The summed E-state index contributed by atoms with van der Waals surface area (Å²) in [5.74, 6) is -0.238. The topological polar surface area (TPSA) is 83.2 Å². The van der Waals surface area contributed by atoms with E-state index in [1.54, 1.807) is 18.3 Å². The van der Waals surface area contributed by atoms with Crippen LogP contribution in [0.15, 0.2) is 18.3 Å². The molecule has 0 aliphatic heterocycles. The summed E-state index contributed by atoms with van der Waals surface area (Å²) in [5.41, 5.74) is -0.600. The summed E-state index contributed by atoms with van der Waals surface area (Å²) < 4.78 is 5.79. The standard InChI is InChI=1S/C18H27N3O3S/c1-17(2,3)24-16(23)21-18(9-5-4-6-10-18)12-20-14(22)13-8-7-11-19-15(13)25/h7-8,11H,4-6,9-10,12H2,1-3H3,(H,19,25)(H,20,22)(H,21,23). The van der Waals surface area contributed by atoms with E-state index < -0.39 is 17.2 Å². The van der Waals surface area contributed by atoms with E-state index in [2.05, 4.69) is 15.6 Å². The Labute approximate surface area is 153 Å². The maximum absolute atomic E-state index is 12.4. The summed E-state index contributed by atoms with van der Waals surface area (Å²) in [4.78, 5) is 27.5. The predicted octanol–water partition coefficient (Wildman–Crippen LogP) is 3.70. The summed E-state index contributed by atoms with van der Waals surface area (Å²) in [5, 5.41) is 5.92. The number of H-pyrrole nitrogens is 1. The number of hydrogen-bond donors (Lipinski definition) is 3. The Morgan fingerprint density at radius 1 is 1.28 bits per heavy atom. The van der Waals surface area contributed by atoms with Crippen molar-refractivity contribution in [1.29, 1.82) is 0 Å². The zero-order valence-corrected chi connectivity index (χ0v) is 15.9. The van der Waals surface area contributed by atoms with Crippen LogP contribution < -0.4 is 10.6 Å². The smallest absolute Gasteiger partial charge is 0.408 e. The van der Waals surface area contributed by atoms with Crippen LogP contribution in [0, 0.1) is 4.64 Å². The van der Waals surface area contributed by atoms with Gasteiger partial charge in [0.2, 0.25) is 0 Å². The lowest BCUT2D eigenvalue weighted by atomic mass is 9.81. The first-order valence-corrected chi connectivity index (χ1v) is 9.09. The maximum Gasteiger partial charge on any atom is 0.408 e. The molecule has 0 unspecified atom stereocenters. The van der Waals surface area contributed by atoms with Crippen molar-refractivity contribution in [2.75, 3.05) is 6.54 Å². The molecule has 0 radical (unpaired) electrons. The van der Waals surface area contributed by atoms with E-state index in [4.69, 9.17) is 17.0 Å². The number of carbonyl (C=O) groups excluding carboxylic acids is 2. The van der Waals surface area contributed by atoms with Crippen LogP contribution in [0.5, 0.6) is 0 Å². The molecule has 1 aliphatic carbocycles. The second kappa shape index (κ2) is 7.99. The van der Waals surface area contributed by atoms with Gasteiger partial charge in [-0.2, -0.15) is 0 Å². The minimum absolute atomic E-state index is 0.238. The number of pyridine rings is 1. The van der Waals surface area contributed by atoms with Gasteiger partial charge in [-0.05, 0) is 45.7 Å². The van der Waals surface area contributed by atoms with E-state index in [1.165, 1.54) is 0 Å². The highest BCUT2D eigenvalue weighted by Crippen LogP contribution is 2.28. The number of alkyl carbamates (subject to hydrolysis) is 1. The SMILES string of the molecule is CC(C)(C)OC(=O)NC1(CNC(=O)c2ccc[nH]c2=S)CCCCC1. The van der Waals surface area contributed by atoms with Crippen LogP contribution in [0.3, 0.4) is 0 Å². The van der Waals surface area contributed by atoms with Crippen LogP contribution >= 0.6 is 12.2 Å². The molecule has 1 fully saturated rings. The average Bonchev–Trinajstić information content (AvgIpc) is 2.52. The summed E-state index contributed by atoms with van der Waals surface area (Å²) in [6.07, 6.45) is 6.03. The van der Waals surface area contributed by atoms with Gasteiger partial charge in [-0.15, -0.1) is 0 Å². The van der Waals surface area contributed by atoms with Crippen molar-refractivity contribution in [1.82, 2.24) is 15.6 Å². The fraction of sp³-hybridized carbons (Fsp3) is 0.611. The highest BCUT2D eigenvalue weighted by atomic mass is 32.1. The molecule has 1 heterocycles. The number of rotatable bonds is 4. The first-order valence-electron chi connectivity index (χ1n) is 8.68. The van der Waals surface area contributed by atoms with Crippen molar-refractivity contribution in [3.05, 3.63) is 28.5 Å². The number of aromatic nitrogens is 1. The van der Waals surface area contributed by atoms with Crippen molar-refractivity contribution in [2.24, 2.45) is 0 Å². The van der Waals surface area contributed by atoms with Gasteiger partial charge in [-0.1, -0.05) is 31.5 Å². The highest BCUT2D eigenvalue weighted by Gasteiger charge is 2.35. The Balaban J connectivity index is 2.05. The Bertz CT molecular complexity index is 673. The molecule has 1 aromatic rings. The van der Waals surface area contributed by atoms with Gasteiger partial charge in [0.15, 0.2) is 0 Å². The first-order chi connectivity index (χ1) is 11.7. The first kappa shape index (κ1) is 19.4. The Morgan fingerprint density at radius 3 is 2.56 bits per heavy atom. The fourth-order valence-electron chi connectivity index (χ4n) is 3.04. The van der Waals surface area contributed by atoms with Gasteiger partial charge in [0.25, 0.3) is 5.91 Å². The lowest BCUT2D eigenvalue weighted by Gasteiger charge is -2.38. The molecule has 1 aromatic heterocycles. The zero-order valence-electron chi connectivity index (χ0n) is 15.1.